The number of amides is 1. The van der Waals surface area contributed by atoms with Crippen molar-refractivity contribution in [2.75, 3.05) is 26.1 Å². The molecular weight excluding hydrogens is 306 g/mol. The van der Waals surface area contributed by atoms with Gasteiger partial charge in [-0.15, -0.1) is 0 Å². The van der Waals surface area contributed by atoms with E-state index in [-0.39, 0.29) is 12.5 Å². The van der Waals surface area contributed by atoms with Gasteiger partial charge in [-0.2, -0.15) is 5.10 Å². The summed E-state index contributed by atoms with van der Waals surface area (Å²) in [6.45, 7) is 2.13. The zero-order chi connectivity index (χ0) is 17.4. The summed E-state index contributed by atoms with van der Waals surface area (Å²) in [6.07, 6.45) is 1.52. The average molecular weight is 327 g/mol. The number of rotatable bonds is 7. The van der Waals surface area contributed by atoms with Gasteiger partial charge in [-0.05, 0) is 36.8 Å². The van der Waals surface area contributed by atoms with Crippen molar-refractivity contribution in [1.82, 2.24) is 5.43 Å². The smallest absolute Gasteiger partial charge is 0.259 e. The number of ether oxygens (including phenoxy) is 2. The Morgan fingerprint density at radius 2 is 1.96 bits per heavy atom. The highest BCUT2D eigenvalue weighted by atomic mass is 16.5. The number of hydrogen-bond donors (Lipinski definition) is 2. The molecule has 6 nitrogen and oxygen atoms in total. The molecule has 2 rings (SSSR count). The van der Waals surface area contributed by atoms with E-state index in [0.29, 0.717) is 17.1 Å². The Bertz CT molecular complexity index is 729. The van der Waals surface area contributed by atoms with E-state index < -0.39 is 0 Å². The molecule has 2 N–H and O–H groups in total. The minimum Gasteiger partial charge on any atom is -0.493 e. The number of nitrogens with one attached hydrogen (secondary N) is 2. The molecule has 126 valence electrons. The fraction of sp³-hybridized carbons (Fsp3) is 0.222. The topological polar surface area (TPSA) is 72.0 Å². The second-order valence-corrected chi connectivity index (χ2v) is 5.10. The van der Waals surface area contributed by atoms with Crippen LogP contribution >= 0.6 is 0 Å². The van der Waals surface area contributed by atoms with Crippen molar-refractivity contribution in [2.24, 2.45) is 5.10 Å². The maximum absolute atomic E-state index is 11.8. The van der Waals surface area contributed by atoms with Crippen molar-refractivity contribution in [3.05, 3.63) is 53.6 Å². The van der Waals surface area contributed by atoms with Crippen molar-refractivity contribution in [1.29, 1.82) is 0 Å². The van der Waals surface area contributed by atoms with Crippen LogP contribution in [0.1, 0.15) is 11.1 Å². The molecule has 1 amide bonds. The number of benzene rings is 2. The van der Waals surface area contributed by atoms with Gasteiger partial charge in [0.2, 0.25) is 0 Å². The van der Waals surface area contributed by atoms with Crippen LogP contribution in [-0.4, -0.2) is 32.9 Å². The molecule has 0 fully saturated rings. The molecule has 0 saturated heterocycles. The van der Waals surface area contributed by atoms with Crippen molar-refractivity contribution >= 4 is 17.8 Å². The van der Waals surface area contributed by atoms with Crippen LogP contribution in [0.25, 0.3) is 0 Å². The van der Waals surface area contributed by atoms with E-state index in [2.05, 4.69) is 15.8 Å². The van der Waals surface area contributed by atoms with Crippen molar-refractivity contribution in [3.63, 3.8) is 0 Å². The minimum absolute atomic E-state index is 0.135. The maximum atomic E-state index is 11.8. The summed E-state index contributed by atoms with van der Waals surface area (Å²) in [5.74, 6) is 0.930. The first-order chi connectivity index (χ1) is 11.6. The monoisotopic (exact) mass is 327 g/mol. The molecule has 0 saturated carbocycles. The van der Waals surface area contributed by atoms with Gasteiger partial charge in [0.15, 0.2) is 11.5 Å². The van der Waals surface area contributed by atoms with Gasteiger partial charge in [-0.3, -0.25) is 4.79 Å². The summed E-state index contributed by atoms with van der Waals surface area (Å²) in [5.41, 5.74) is 5.21. The molecule has 0 spiro atoms. The molecule has 0 heterocycles. The van der Waals surface area contributed by atoms with E-state index in [1.165, 1.54) is 6.21 Å². The van der Waals surface area contributed by atoms with E-state index in [9.17, 15) is 4.79 Å². The van der Waals surface area contributed by atoms with Gasteiger partial charge in [0.1, 0.15) is 0 Å². The van der Waals surface area contributed by atoms with Gasteiger partial charge >= 0.3 is 0 Å². The van der Waals surface area contributed by atoms with Crippen LogP contribution < -0.4 is 20.2 Å². The summed E-state index contributed by atoms with van der Waals surface area (Å²) < 4.78 is 10.5. The second kappa shape index (κ2) is 8.57. The number of methoxy groups -OCH3 is 2. The Morgan fingerprint density at radius 1 is 1.17 bits per heavy atom. The van der Waals surface area contributed by atoms with Gasteiger partial charge in [-0.25, -0.2) is 5.43 Å². The SMILES string of the molecule is COc1cccc(C=NNC(=O)CNc2cccc(C)c2)c1OC. The average Bonchev–Trinajstić information content (AvgIpc) is 2.59. The number of nitrogens with zero attached hydrogens (tertiary/aromatic N) is 1. The lowest BCUT2D eigenvalue weighted by molar-refractivity contribution is -0.119. The third-order valence-corrected chi connectivity index (χ3v) is 3.30. The van der Waals surface area contributed by atoms with Crippen LogP contribution in [0.5, 0.6) is 11.5 Å². The largest absolute Gasteiger partial charge is 0.493 e. The number of hydrogen-bond acceptors (Lipinski definition) is 5. The third-order valence-electron chi connectivity index (χ3n) is 3.30. The van der Waals surface area contributed by atoms with Crippen LogP contribution in [0.3, 0.4) is 0 Å². The number of anilines is 1. The maximum Gasteiger partial charge on any atom is 0.259 e. The lowest BCUT2D eigenvalue weighted by atomic mass is 10.2. The number of carbonyl (C=O) groups is 1. The Kier molecular flexibility index (Phi) is 6.19. The van der Waals surface area contributed by atoms with Gasteiger partial charge in [0, 0.05) is 11.3 Å². The zero-order valence-corrected chi connectivity index (χ0v) is 14.0. The Morgan fingerprint density at radius 3 is 2.67 bits per heavy atom. The van der Waals surface area contributed by atoms with Gasteiger partial charge in [-0.1, -0.05) is 18.2 Å². The summed E-state index contributed by atoms with van der Waals surface area (Å²) in [4.78, 5) is 11.8. The fourth-order valence-electron chi connectivity index (χ4n) is 2.16. The van der Waals surface area contributed by atoms with Crippen LogP contribution in [0.15, 0.2) is 47.6 Å². The number of carbonyl (C=O) groups excluding carboxylic acids is 1. The zero-order valence-electron chi connectivity index (χ0n) is 14.0. The molecule has 6 heteroatoms. The molecular formula is C18H21N3O3. The number of hydrazone groups is 1. The molecule has 24 heavy (non-hydrogen) atoms. The highest BCUT2D eigenvalue weighted by Crippen LogP contribution is 2.29. The van der Waals surface area contributed by atoms with Gasteiger partial charge in [0.25, 0.3) is 5.91 Å². The summed E-state index contributed by atoms with van der Waals surface area (Å²) in [6, 6.07) is 13.2. The molecule has 0 atom stereocenters. The van der Waals surface area contributed by atoms with E-state index in [0.717, 1.165) is 11.3 Å². The van der Waals surface area contributed by atoms with Crippen LogP contribution in [0, 0.1) is 6.92 Å². The van der Waals surface area contributed by atoms with Crippen LogP contribution in [0.2, 0.25) is 0 Å². The van der Waals surface area contributed by atoms with Crippen LogP contribution in [0.4, 0.5) is 5.69 Å². The van der Waals surface area contributed by atoms with Gasteiger partial charge in [0.05, 0.1) is 27.0 Å². The summed E-state index contributed by atoms with van der Waals surface area (Å²) in [5, 5.41) is 7.00. The molecule has 0 bridgehead atoms. The van der Waals surface area contributed by atoms with E-state index in [1.54, 1.807) is 20.3 Å². The van der Waals surface area contributed by atoms with Crippen molar-refractivity contribution < 1.29 is 14.3 Å². The predicted octanol–water partition coefficient (Wildman–Crippen LogP) is 2.57. The standard InChI is InChI=1S/C18H21N3O3/c1-13-6-4-8-15(10-13)19-12-17(22)21-20-11-14-7-5-9-16(23-2)18(14)24-3/h4-11,19H,12H2,1-3H3,(H,21,22). The Balaban J connectivity index is 1.91. The first kappa shape index (κ1) is 17.3. The first-order valence-corrected chi connectivity index (χ1v) is 7.47. The predicted molar refractivity (Wildman–Crippen MR) is 95.0 cm³/mol. The normalized spacial score (nSPS) is 10.5. The number of aryl methyl sites for hydroxylation is 1. The second-order valence-electron chi connectivity index (χ2n) is 5.10. The fourth-order valence-corrected chi connectivity index (χ4v) is 2.16. The molecule has 2 aromatic rings. The Hall–Kier alpha value is -3.02. The minimum atomic E-state index is -0.241. The highest BCUT2D eigenvalue weighted by Gasteiger charge is 2.07. The van der Waals surface area contributed by atoms with Gasteiger partial charge < -0.3 is 14.8 Å². The molecule has 0 aromatic heterocycles. The first-order valence-electron chi connectivity index (χ1n) is 7.47. The molecule has 0 aliphatic heterocycles. The molecule has 0 aliphatic carbocycles. The van der Waals surface area contributed by atoms with E-state index in [4.69, 9.17) is 9.47 Å². The molecule has 2 aromatic carbocycles. The summed E-state index contributed by atoms with van der Waals surface area (Å²) in [7, 11) is 3.12. The molecule has 0 radical (unpaired) electrons. The Labute approximate surface area is 141 Å². The lowest BCUT2D eigenvalue weighted by Gasteiger charge is -2.09. The van der Waals surface area contributed by atoms with Crippen molar-refractivity contribution in [2.45, 2.75) is 6.92 Å². The van der Waals surface area contributed by atoms with Crippen molar-refractivity contribution in [3.8, 4) is 11.5 Å². The quantitative estimate of drug-likeness (QED) is 0.606. The molecule has 0 unspecified atom stereocenters. The van der Waals surface area contributed by atoms with E-state index >= 15 is 0 Å². The highest BCUT2D eigenvalue weighted by molar-refractivity contribution is 5.87. The lowest BCUT2D eigenvalue weighted by Crippen LogP contribution is -2.25. The molecule has 0 aliphatic rings. The van der Waals surface area contributed by atoms with E-state index in [1.807, 2.05) is 43.3 Å². The third kappa shape index (κ3) is 4.74. The van der Waals surface area contributed by atoms with Crippen LogP contribution in [-0.2, 0) is 4.79 Å². The number of para-hydroxylation sites is 1. The summed E-state index contributed by atoms with van der Waals surface area (Å²) >= 11 is 0.